The normalized spacial score (nSPS) is 9.52. The summed E-state index contributed by atoms with van der Waals surface area (Å²) in [6, 6.07) is 10.9. The molecule has 0 aliphatic heterocycles. The van der Waals surface area contributed by atoms with Crippen molar-refractivity contribution in [3.63, 3.8) is 0 Å². The highest BCUT2D eigenvalue weighted by Gasteiger charge is 2.07. The van der Waals surface area contributed by atoms with Crippen molar-refractivity contribution in [2.24, 2.45) is 0 Å². The average Bonchev–Trinajstić information content (AvgIpc) is 2.50. The number of benzene rings is 2. The molecule has 0 saturated carbocycles. The zero-order valence-electron chi connectivity index (χ0n) is 12.1. The van der Waals surface area contributed by atoms with Gasteiger partial charge in [-0.25, -0.2) is 0 Å². The highest BCUT2D eigenvalue weighted by Crippen LogP contribution is 2.27. The van der Waals surface area contributed by atoms with Crippen LogP contribution < -0.4 is 11.1 Å². The van der Waals surface area contributed by atoms with Gasteiger partial charge in [0.25, 0.3) is 0 Å². The topological polar surface area (TPSA) is 61.9 Å². The molecular formula is C16H19Cl2N3. The van der Waals surface area contributed by atoms with Gasteiger partial charge in [0.15, 0.2) is 0 Å². The molecule has 3 nitrogen and oxygen atoms in total. The zero-order valence-corrected chi connectivity index (χ0v) is 13.6. The van der Waals surface area contributed by atoms with Gasteiger partial charge in [0.2, 0.25) is 0 Å². The maximum absolute atomic E-state index is 7.27. The highest BCUT2D eigenvalue weighted by atomic mass is 35.5. The Morgan fingerprint density at radius 2 is 1.67 bits per heavy atom. The van der Waals surface area contributed by atoms with Crippen LogP contribution in [0.4, 0.5) is 11.4 Å². The summed E-state index contributed by atoms with van der Waals surface area (Å²) in [5, 5.41) is 11.7. The quantitative estimate of drug-likeness (QED) is 0.534. The second-order valence-corrected chi connectivity index (χ2v) is 4.82. The van der Waals surface area contributed by atoms with Crippen molar-refractivity contribution in [2.75, 3.05) is 11.1 Å². The van der Waals surface area contributed by atoms with E-state index in [1.807, 2.05) is 26.0 Å². The minimum absolute atomic E-state index is 0.476. The molecule has 0 saturated heterocycles. The van der Waals surface area contributed by atoms with Crippen molar-refractivity contribution in [1.82, 2.24) is 0 Å². The number of rotatable bonds is 4. The molecule has 0 bridgehead atoms. The lowest BCUT2D eigenvalue weighted by molar-refractivity contribution is 1.15. The Morgan fingerprint density at radius 3 is 2.24 bits per heavy atom. The van der Waals surface area contributed by atoms with Crippen LogP contribution in [0.25, 0.3) is 0 Å². The van der Waals surface area contributed by atoms with E-state index in [2.05, 4.69) is 5.32 Å². The molecule has 21 heavy (non-hydrogen) atoms. The molecule has 0 aliphatic carbocycles. The minimum Gasteiger partial charge on any atom is -0.397 e. The number of nitrogen functional groups attached to an aromatic ring is 1. The molecule has 0 heterocycles. The van der Waals surface area contributed by atoms with Crippen LogP contribution in [0.3, 0.4) is 0 Å². The van der Waals surface area contributed by atoms with Gasteiger partial charge in [-0.2, -0.15) is 0 Å². The first-order chi connectivity index (χ1) is 10.1. The average molecular weight is 324 g/mol. The summed E-state index contributed by atoms with van der Waals surface area (Å²) in [6.07, 6.45) is 1.23. The van der Waals surface area contributed by atoms with Crippen LogP contribution in [0.15, 0.2) is 36.4 Å². The van der Waals surface area contributed by atoms with E-state index in [-0.39, 0.29) is 0 Å². The van der Waals surface area contributed by atoms with Gasteiger partial charge in [-0.1, -0.05) is 55.2 Å². The van der Waals surface area contributed by atoms with Gasteiger partial charge < -0.3 is 16.5 Å². The summed E-state index contributed by atoms with van der Waals surface area (Å²) in [6.45, 7) is 4.48. The van der Waals surface area contributed by atoms with Crippen LogP contribution in [0.1, 0.15) is 25.0 Å². The largest absolute Gasteiger partial charge is 0.397 e. The summed E-state index contributed by atoms with van der Waals surface area (Å²) in [4.78, 5) is 0. The van der Waals surface area contributed by atoms with E-state index in [1.165, 1.54) is 6.21 Å². The Labute approximate surface area is 135 Å². The maximum Gasteiger partial charge on any atom is 0.0638 e. The molecule has 0 aromatic heterocycles. The Balaban J connectivity index is 0.00000106. The van der Waals surface area contributed by atoms with Crippen molar-refractivity contribution in [3.05, 3.63) is 57.6 Å². The molecule has 0 spiro atoms. The second-order valence-electron chi connectivity index (χ2n) is 4.01. The van der Waals surface area contributed by atoms with E-state index in [0.29, 0.717) is 27.8 Å². The van der Waals surface area contributed by atoms with Gasteiger partial charge in [-0.15, -0.1) is 0 Å². The summed E-state index contributed by atoms with van der Waals surface area (Å²) in [7, 11) is 0. The van der Waals surface area contributed by atoms with Crippen LogP contribution in [0, 0.1) is 5.41 Å². The van der Waals surface area contributed by atoms with Gasteiger partial charge in [0, 0.05) is 33.9 Å². The van der Waals surface area contributed by atoms with E-state index in [4.69, 9.17) is 34.3 Å². The fraction of sp³-hybridized carbons (Fsp3) is 0.188. The van der Waals surface area contributed by atoms with Gasteiger partial charge in [-0.05, 0) is 18.2 Å². The Bertz CT molecular complexity index is 592. The molecule has 0 aliphatic rings. The van der Waals surface area contributed by atoms with E-state index in [9.17, 15) is 0 Å². The van der Waals surface area contributed by atoms with Crippen LogP contribution in [0.2, 0.25) is 10.0 Å². The van der Waals surface area contributed by atoms with Crippen LogP contribution >= 0.6 is 23.2 Å². The third-order valence-corrected chi connectivity index (χ3v) is 3.52. The summed E-state index contributed by atoms with van der Waals surface area (Å²) < 4.78 is 0. The first-order valence-electron chi connectivity index (χ1n) is 6.69. The van der Waals surface area contributed by atoms with E-state index in [1.54, 1.807) is 24.3 Å². The fourth-order valence-electron chi connectivity index (χ4n) is 1.75. The van der Waals surface area contributed by atoms with Crippen molar-refractivity contribution in [2.45, 2.75) is 20.4 Å². The molecule has 5 heteroatoms. The highest BCUT2D eigenvalue weighted by molar-refractivity contribution is 6.36. The van der Waals surface area contributed by atoms with Crippen molar-refractivity contribution < 1.29 is 0 Å². The Morgan fingerprint density at radius 1 is 1.10 bits per heavy atom. The fourth-order valence-corrected chi connectivity index (χ4v) is 2.28. The summed E-state index contributed by atoms with van der Waals surface area (Å²) in [5.41, 5.74) is 8.76. The molecule has 2 rings (SSSR count). The molecule has 4 N–H and O–H groups in total. The number of hydrogen-bond acceptors (Lipinski definition) is 3. The standard InChI is InChI=1S/C14H13Cl2N3.C2H6/c15-11-4-2-5-12(16)10(11)8-19-13-6-1-3-9(7-17)14(13)18;1-2/h1-7,17,19H,8,18H2;1-2H3. The van der Waals surface area contributed by atoms with Crippen molar-refractivity contribution >= 4 is 40.8 Å². The lowest BCUT2D eigenvalue weighted by Crippen LogP contribution is -2.05. The Hall–Kier alpha value is -1.71. The molecule has 0 amide bonds. The third-order valence-electron chi connectivity index (χ3n) is 2.81. The first-order valence-corrected chi connectivity index (χ1v) is 7.45. The summed E-state index contributed by atoms with van der Waals surface area (Å²) in [5.74, 6) is 0. The molecule has 0 fully saturated rings. The molecule has 0 atom stereocenters. The van der Waals surface area contributed by atoms with E-state index >= 15 is 0 Å². The lowest BCUT2D eigenvalue weighted by Gasteiger charge is -2.12. The predicted molar refractivity (Wildman–Crippen MR) is 93.9 cm³/mol. The van der Waals surface area contributed by atoms with Gasteiger partial charge in [0.05, 0.1) is 11.4 Å². The molecule has 112 valence electrons. The maximum atomic E-state index is 7.27. The van der Waals surface area contributed by atoms with Crippen LogP contribution in [-0.2, 0) is 6.54 Å². The first kappa shape index (κ1) is 17.3. The van der Waals surface area contributed by atoms with Crippen LogP contribution in [0.5, 0.6) is 0 Å². The number of anilines is 2. The number of halogens is 2. The lowest BCUT2D eigenvalue weighted by atomic mass is 10.1. The molecular weight excluding hydrogens is 305 g/mol. The number of nitrogens with one attached hydrogen (secondary N) is 2. The minimum atomic E-state index is 0.476. The van der Waals surface area contributed by atoms with Crippen molar-refractivity contribution in [3.8, 4) is 0 Å². The predicted octanol–water partition coefficient (Wildman–Crippen LogP) is 5.21. The van der Waals surface area contributed by atoms with Crippen molar-refractivity contribution in [1.29, 1.82) is 5.41 Å². The number of hydrogen-bond donors (Lipinski definition) is 3. The van der Waals surface area contributed by atoms with Gasteiger partial charge in [0.1, 0.15) is 0 Å². The van der Waals surface area contributed by atoms with E-state index < -0.39 is 0 Å². The third kappa shape index (κ3) is 4.38. The molecule has 0 unspecified atom stereocenters. The van der Waals surface area contributed by atoms with E-state index in [0.717, 1.165) is 11.3 Å². The zero-order chi connectivity index (χ0) is 15.8. The molecule has 2 aromatic carbocycles. The van der Waals surface area contributed by atoms with Gasteiger partial charge in [-0.3, -0.25) is 0 Å². The molecule has 2 aromatic rings. The van der Waals surface area contributed by atoms with Crippen LogP contribution in [-0.4, -0.2) is 6.21 Å². The summed E-state index contributed by atoms with van der Waals surface area (Å²) >= 11 is 12.2. The SMILES string of the molecule is CC.N=Cc1cccc(NCc2c(Cl)cccc2Cl)c1N. The monoisotopic (exact) mass is 323 g/mol. The second kappa shape index (κ2) is 8.55. The number of para-hydroxylation sites is 1. The van der Waals surface area contributed by atoms with Gasteiger partial charge >= 0.3 is 0 Å². The molecule has 0 radical (unpaired) electrons. The Kier molecular flexibility index (Phi) is 7.06. The number of nitrogens with two attached hydrogens (primary N) is 1. The smallest absolute Gasteiger partial charge is 0.0638 e.